The van der Waals surface area contributed by atoms with E-state index in [0.717, 1.165) is 54.1 Å². The number of nitrogens with one attached hydrogen (secondary N) is 2. The molecule has 3 heterocycles. The van der Waals surface area contributed by atoms with Crippen LogP contribution in [0.5, 0.6) is 0 Å². The average Bonchev–Trinajstić information content (AvgIpc) is 3.16. The van der Waals surface area contributed by atoms with Gasteiger partial charge in [-0.2, -0.15) is 0 Å². The fourth-order valence-corrected chi connectivity index (χ4v) is 3.96. The fraction of sp³-hybridized carbons (Fsp3) is 0.300. The van der Waals surface area contributed by atoms with Crippen molar-refractivity contribution in [3.05, 3.63) is 53.1 Å². The molecule has 0 aliphatic carbocycles. The maximum atomic E-state index is 12.5. The minimum Gasteiger partial charge on any atom is -0.330 e. The zero-order valence-electron chi connectivity index (χ0n) is 15.8. The number of amides is 1. The molecule has 1 aliphatic heterocycles. The zero-order valence-corrected chi connectivity index (χ0v) is 16.6. The van der Waals surface area contributed by atoms with E-state index in [2.05, 4.69) is 25.2 Å². The smallest absolute Gasteiger partial charge is 0.279 e. The van der Waals surface area contributed by atoms with E-state index in [-0.39, 0.29) is 5.91 Å². The van der Waals surface area contributed by atoms with Crippen LogP contribution in [0.15, 0.2) is 48.1 Å². The Balaban J connectivity index is 1.30. The third-order valence-electron chi connectivity index (χ3n) is 4.78. The SMILES string of the molecule is Cc1nc(-c2cccc(NC(=O)C[NH+]3CCN(c4ncccn4)CC3)c2)cs1. The molecule has 7 nitrogen and oxygen atoms in total. The van der Waals surface area contributed by atoms with E-state index in [1.807, 2.05) is 42.6 Å². The molecule has 1 fully saturated rings. The molecule has 0 saturated carbocycles. The highest BCUT2D eigenvalue weighted by Crippen LogP contribution is 2.24. The Hall–Kier alpha value is -2.84. The van der Waals surface area contributed by atoms with Crippen LogP contribution in [0.2, 0.25) is 0 Å². The summed E-state index contributed by atoms with van der Waals surface area (Å²) in [5.74, 6) is 0.797. The lowest BCUT2D eigenvalue weighted by Crippen LogP contribution is -3.15. The lowest BCUT2D eigenvalue weighted by atomic mass is 10.1. The number of rotatable bonds is 5. The lowest BCUT2D eigenvalue weighted by molar-refractivity contribution is -0.892. The number of nitrogens with zero attached hydrogens (tertiary/aromatic N) is 4. The maximum Gasteiger partial charge on any atom is 0.279 e. The Bertz CT molecular complexity index is 937. The second-order valence-electron chi connectivity index (χ2n) is 6.84. The molecular formula is C20H23N6OS+. The summed E-state index contributed by atoms with van der Waals surface area (Å²) in [7, 11) is 0. The Kier molecular flexibility index (Phi) is 5.59. The first-order valence-corrected chi connectivity index (χ1v) is 10.2. The Morgan fingerprint density at radius 1 is 1.21 bits per heavy atom. The highest BCUT2D eigenvalue weighted by molar-refractivity contribution is 7.09. The second kappa shape index (κ2) is 8.45. The van der Waals surface area contributed by atoms with Gasteiger partial charge in [0.05, 0.1) is 36.9 Å². The third-order valence-corrected chi connectivity index (χ3v) is 5.55. The molecule has 4 rings (SSSR count). The summed E-state index contributed by atoms with van der Waals surface area (Å²) in [5, 5.41) is 6.10. The van der Waals surface area contributed by atoms with Gasteiger partial charge in [0.25, 0.3) is 5.91 Å². The predicted octanol–water partition coefficient (Wildman–Crippen LogP) is 1.25. The lowest BCUT2D eigenvalue weighted by Gasteiger charge is -2.31. The first-order chi connectivity index (χ1) is 13.7. The maximum absolute atomic E-state index is 12.5. The molecule has 8 heteroatoms. The van der Waals surface area contributed by atoms with Crippen LogP contribution in [0.25, 0.3) is 11.3 Å². The highest BCUT2D eigenvalue weighted by Gasteiger charge is 2.23. The first kappa shape index (κ1) is 18.5. The molecule has 1 amide bonds. The van der Waals surface area contributed by atoms with E-state index in [9.17, 15) is 4.79 Å². The minimum atomic E-state index is 0.0334. The monoisotopic (exact) mass is 395 g/mol. The number of thiazole rings is 1. The van der Waals surface area contributed by atoms with Crippen LogP contribution in [-0.4, -0.2) is 53.6 Å². The van der Waals surface area contributed by atoms with E-state index in [1.54, 1.807) is 23.7 Å². The molecule has 0 bridgehead atoms. The van der Waals surface area contributed by atoms with Gasteiger partial charge in [-0.25, -0.2) is 15.0 Å². The van der Waals surface area contributed by atoms with Crippen molar-refractivity contribution in [2.75, 3.05) is 42.9 Å². The van der Waals surface area contributed by atoms with Crippen molar-refractivity contribution in [2.24, 2.45) is 0 Å². The summed E-state index contributed by atoms with van der Waals surface area (Å²) in [6.07, 6.45) is 3.52. The number of anilines is 2. The summed E-state index contributed by atoms with van der Waals surface area (Å²) >= 11 is 1.63. The van der Waals surface area contributed by atoms with Crippen molar-refractivity contribution in [1.29, 1.82) is 0 Å². The van der Waals surface area contributed by atoms with Crippen molar-refractivity contribution >= 4 is 28.9 Å². The number of quaternary nitrogens is 1. The summed E-state index contributed by atoms with van der Waals surface area (Å²) in [4.78, 5) is 29.1. The normalized spacial score (nSPS) is 14.8. The van der Waals surface area contributed by atoms with Crippen LogP contribution in [-0.2, 0) is 4.79 Å². The molecule has 2 aromatic heterocycles. The quantitative estimate of drug-likeness (QED) is 0.680. The predicted molar refractivity (Wildman–Crippen MR) is 111 cm³/mol. The van der Waals surface area contributed by atoms with Crippen molar-refractivity contribution in [3.8, 4) is 11.3 Å². The topological polar surface area (TPSA) is 75.5 Å². The van der Waals surface area contributed by atoms with Crippen molar-refractivity contribution < 1.29 is 9.69 Å². The van der Waals surface area contributed by atoms with Gasteiger partial charge in [0.2, 0.25) is 5.95 Å². The van der Waals surface area contributed by atoms with Gasteiger partial charge >= 0.3 is 0 Å². The summed E-state index contributed by atoms with van der Waals surface area (Å²) < 4.78 is 0. The molecule has 28 heavy (non-hydrogen) atoms. The molecule has 0 radical (unpaired) electrons. The van der Waals surface area contributed by atoms with Crippen molar-refractivity contribution in [2.45, 2.75) is 6.92 Å². The molecule has 3 aromatic rings. The van der Waals surface area contributed by atoms with E-state index in [4.69, 9.17) is 0 Å². The van der Waals surface area contributed by atoms with E-state index in [0.29, 0.717) is 6.54 Å². The molecule has 0 unspecified atom stereocenters. The number of hydrogen-bond acceptors (Lipinski definition) is 6. The van der Waals surface area contributed by atoms with Gasteiger partial charge in [-0.15, -0.1) is 11.3 Å². The molecular weight excluding hydrogens is 372 g/mol. The van der Waals surface area contributed by atoms with E-state index < -0.39 is 0 Å². The number of piperazine rings is 1. The van der Waals surface area contributed by atoms with Gasteiger partial charge in [0.15, 0.2) is 6.54 Å². The van der Waals surface area contributed by atoms with Gasteiger partial charge in [-0.3, -0.25) is 4.79 Å². The minimum absolute atomic E-state index is 0.0334. The second-order valence-corrected chi connectivity index (χ2v) is 7.91. The van der Waals surface area contributed by atoms with Crippen LogP contribution in [0, 0.1) is 6.92 Å². The van der Waals surface area contributed by atoms with Crippen LogP contribution in [0.4, 0.5) is 11.6 Å². The van der Waals surface area contributed by atoms with Crippen molar-refractivity contribution in [3.63, 3.8) is 0 Å². The summed E-state index contributed by atoms with van der Waals surface area (Å²) in [6.45, 7) is 5.94. The average molecular weight is 396 g/mol. The Morgan fingerprint density at radius 3 is 2.71 bits per heavy atom. The number of carbonyl (C=O) groups excluding carboxylic acids is 1. The number of aromatic nitrogens is 3. The fourth-order valence-electron chi connectivity index (χ4n) is 3.34. The molecule has 1 saturated heterocycles. The molecule has 144 valence electrons. The summed E-state index contributed by atoms with van der Waals surface area (Å²) in [6, 6.07) is 9.68. The number of aryl methyl sites for hydroxylation is 1. The Morgan fingerprint density at radius 2 is 2.00 bits per heavy atom. The van der Waals surface area contributed by atoms with Gasteiger partial charge in [0.1, 0.15) is 0 Å². The van der Waals surface area contributed by atoms with E-state index >= 15 is 0 Å². The Labute approximate surface area is 168 Å². The standard InChI is InChI=1S/C20H22N6OS/c1-15-23-18(14-28-15)16-4-2-5-17(12-16)24-19(27)13-25-8-10-26(11-9-25)20-21-6-3-7-22-20/h2-7,12,14H,8-11,13H2,1H3,(H,24,27)/p+1. The number of carbonyl (C=O) groups is 1. The zero-order chi connectivity index (χ0) is 19.3. The molecule has 1 aliphatic rings. The number of benzene rings is 1. The van der Waals surface area contributed by atoms with E-state index in [1.165, 1.54) is 4.90 Å². The highest BCUT2D eigenvalue weighted by atomic mass is 32.1. The van der Waals surface area contributed by atoms with Crippen LogP contribution >= 0.6 is 11.3 Å². The molecule has 2 N–H and O–H groups in total. The number of hydrogen-bond donors (Lipinski definition) is 2. The van der Waals surface area contributed by atoms with Gasteiger partial charge in [0, 0.05) is 29.0 Å². The van der Waals surface area contributed by atoms with Gasteiger partial charge in [-0.05, 0) is 25.1 Å². The summed E-state index contributed by atoms with van der Waals surface area (Å²) in [5.41, 5.74) is 2.78. The van der Waals surface area contributed by atoms with Crippen LogP contribution in [0.1, 0.15) is 5.01 Å². The van der Waals surface area contributed by atoms with Gasteiger partial charge < -0.3 is 15.1 Å². The molecule has 0 atom stereocenters. The largest absolute Gasteiger partial charge is 0.330 e. The molecule has 1 aromatic carbocycles. The molecule has 0 spiro atoms. The third kappa shape index (κ3) is 4.52. The van der Waals surface area contributed by atoms with Crippen LogP contribution in [0.3, 0.4) is 0 Å². The first-order valence-electron chi connectivity index (χ1n) is 9.35. The van der Waals surface area contributed by atoms with Gasteiger partial charge in [-0.1, -0.05) is 12.1 Å². The van der Waals surface area contributed by atoms with Crippen LogP contribution < -0.4 is 15.1 Å². The van der Waals surface area contributed by atoms with Crippen molar-refractivity contribution in [1.82, 2.24) is 15.0 Å².